The summed E-state index contributed by atoms with van der Waals surface area (Å²) in [6.45, 7) is 2.25. The van der Waals surface area contributed by atoms with E-state index in [1.54, 1.807) is 11.8 Å². The molecule has 5 rings (SSSR count). The van der Waals surface area contributed by atoms with E-state index in [0.29, 0.717) is 12.1 Å². The van der Waals surface area contributed by atoms with Crippen molar-refractivity contribution >= 4 is 17.7 Å². The third-order valence-corrected chi connectivity index (χ3v) is 8.77. The van der Waals surface area contributed by atoms with Crippen molar-refractivity contribution in [3.63, 3.8) is 0 Å². The van der Waals surface area contributed by atoms with Gasteiger partial charge in [0.15, 0.2) is 0 Å². The molecule has 1 amide bonds. The van der Waals surface area contributed by atoms with Crippen LogP contribution in [-0.2, 0) is 4.79 Å². The molecule has 2 aliphatic carbocycles. The summed E-state index contributed by atoms with van der Waals surface area (Å²) in [5.41, 5.74) is 2.53. The van der Waals surface area contributed by atoms with Crippen LogP contribution >= 0.6 is 11.8 Å². The summed E-state index contributed by atoms with van der Waals surface area (Å²) in [7, 11) is 0. The molecule has 7 atom stereocenters. The maximum atomic E-state index is 12.5. The van der Waals surface area contributed by atoms with Crippen LogP contribution < -0.4 is 10.6 Å². The number of thioether (sulfide) groups is 1. The lowest BCUT2D eigenvalue weighted by Crippen LogP contribution is -2.59. The highest BCUT2D eigenvalue weighted by Crippen LogP contribution is 2.50. The van der Waals surface area contributed by atoms with Crippen LogP contribution in [0.5, 0.6) is 0 Å². The lowest BCUT2D eigenvalue weighted by atomic mass is 9.63. The van der Waals surface area contributed by atoms with Crippen LogP contribution in [0.15, 0.2) is 35.7 Å². The monoisotopic (exact) mass is 412 g/mol. The average molecular weight is 413 g/mol. The molecule has 4 nitrogen and oxygen atoms in total. The predicted octanol–water partition coefficient (Wildman–Crippen LogP) is 3.88. The summed E-state index contributed by atoms with van der Waals surface area (Å²) in [6, 6.07) is 10.1. The number of fused-ring (bicyclic) bond motifs is 3. The van der Waals surface area contributed by atoms with Crippen molar-refractivity contribution in [2.45, 2.75) is 80.8 Å². The molecule has 0 radical (unpaired) electrons. The van der Waals surface area contributed by atoms with Crippen molar-refractivity contribution in [1.29, 1.82) is 0 Å². The van der Waals surface area contributed by atoms with E-state index in [4.69, 9.17) is 0 Å². The number of carbonyl (C=O) groups is 1. The van der Waals surface area contributed by atoms with E-state index in [1.807, 2.05) is 0 Å². The molecule has 0 bridgehead atoms. The third kappa shape index (κ3) is 3.66. The number of amides is 1. The van der Waals surface area contributed by atoms with Crippen LogP contribution in [0.3, 0.4) is 0 Å². The minimum absolute atomic E-state index is 0.0287. The standard InChI is InChI=1S/C24H32N2O2S/c1-14(25-17-4-2-3-5-17)15-6-8-16(9-7-15)21-20(27)11-10-19-22(21)18-12-13-29-23(18)24(28)26-19/h6-9,12-14,17-23,25,27H,2-5,10-11H2,1H3,(H,26,28). The fourth-order valence-corrected chi connectivity index (χ4v) is 7.23. The van der Waals surface area contributed by atoms with Crippen LogP contribution in [0.1, 0.15) is 68.5 Å². The Morgan fingerprint density at radius 1 is 1.14 bits per heavy atom. The smallest absolute Gasteiger partial charge is 0.234 e. The molecule has 7 unspecified atom stereocenters. The molecule has 0 spiro atoms. The Labute approximate surface area is 177 Å². The minimum Gasteiger partial charge on any atom is -0.392 e. The van der Waals surface area contributed by atoms with Gasteiger partial charge in [-0.15, -0.1) is 11.8 Å². The zero-order valence-corrected chi connectivity index (χ0v) is 17.9. The van der Waals surface area contributed by atoms with Crippen LogP contribution in [0.2, 0.25) is 0 Å². The molecule has 156 valence electrons. The average Bonchev–Trinajstić information content (AvgIpc) is 3.41. The van der Waals surface area contributed by atoms with Gasteiger partial charge in [-0.25, -0.2) is 0 Å². The van der Waals surface area contributed by atoms with Crippen LogP contribution in [0.25, 0.3) is 0 Å². The molecule has 3 fully saturated rings. The van der Waals surface area contributed by atoms with Gasteiger partial charge in [-0.05, 0) is 55.1 Å². The van der Waals surface area contributed by atoms with Crippen molar-refractivity contribution in [2.75, 3.05) is 0 Å². The maximum Gasteiger partial charge on any atom is 0.234 e. The van der Waals surface area contributed by atoms with E-state index in [2.05, 4.69) is 53.3 Å². The van der Waals surface area contributed by atoms with Gasteiger partial charge in [0.1, 0.15) is 0 Å². The van der Waals surface area contributed by atoms with Gasteiger partial charge in [0.05, 0.1) is 11.4 Å². The quantitative estimate of drug-likeness (QED) is 0.702. The Morgan fingerprint density at radius 3 is 2.66 bits per heavy atom. The number of nitrogens with one attached hydrogen (secondary N) is 2. The predicted molar refractivity (Wildman–Crippen MR) is 118 cm³/mol. The summed E-state index contributed by atoms with van der Waals surface area (Å²) in [5, 5.41) is 20.0. The second kappa shape index (κ2) is 8.09. The number of hydrogen-bond donors (Lipinski definition) is 3. The topological polar surface area (TPSA) is 61.4 Å². The zero-order valence-electron chi connectivity index (χ0n) is 17.1. The van der Waals surface area contributed by atoms with Gasteiger partial charge in [-0.2, -0.15) is 0 Å². The summed E-state index contributed by atoms with van der Waals surface area (Å²) < 4.78 is 0. The van der Waals surface area contributed by atoms with Gasteiger partial charge in [-0.3, -0.25) is 4.79 Å². The Balaban J connectivity index is 1.37. The molecule has 4 aliphatic rings. The molecule has 0 aromatic heterocycles. The Bertz CT molecular complexity index is 774. The van der Waals surface area contributed by atoms with Gasteiger partial charge in [0.25, 0.3) is 0 Å². The lowest BCUT2D eigenvalue weighted by molar-refractivity contribution is -0.126. The molecule has 1 aromatic carbocycles. The highest BCUT2D eigenvalue weighted by molar-refractivity contribution is 8.03. The highest BCUT2D eigenvalue weighted by Gasteiger charge is 2.51. The fourth-order valence-electron chi connectivity index (χ4n) is 6.14. The normalized spacial score (nSPS) is 37.8. The first-order chi connectivity index (χ1) is 14.1. The van der Waals surface area contributed by atoms with E-state index in [1.165, 1.54) is 36.8 Å². The van der Waals surface area contributed by atoms with Crippen molar-refractivity contribution in [2.24, 2.45) is 11.8 Å². The van der Waals surface area contributed by atoms with Crippen LogP contribution in [-0.4, -0.2) is 34.5 Å². The first kappa shape index (κ1) is 19.7. The van der Waals surface area contributed by atoms with Gasteiger partial charge < -0.3 is 15.7 Å². The number of allylic oxidation sites excluding steroid dienone is 1. The maximum absolute atomic E-state index is 12.5. The summed E-state index contributed by atoms with van der Waals surface area (Å²) in [6.07, 6.45) is 8.76. The molecule has 1 aromatic rings. The van der Waals surface area contributed by atoms with Crippen molar-refractivity contribution in [3.05, 3.63) is 46.9 Å². The molecular formula is C24H32N2O2S. The Kier molecular flexibility index (Phi) is 5.48. The summed E-state index contributed by atoms with van der Waals surface area (Å²) >= 11 is 1.63. The second-order valence-corrected chi connectivity index (χ2v) is 10.4. The number of hydrogen-bond acceptors (Lipinski definition) is 4. The molecular weight excluding hydrogens is 380 g/mol. The van der Waals surface area contributed by atoms with Crippen molar-refractivity contribution in [1.82, 2.24) is 10.6 Å². The van der Waals surface area contributed by atoms with Crippen molar-refractivity contribution < 1.29 is 9.90 Å². The van der Waals surface area contributed by atoms with Gasteiger partial charge in [0.2, 0.25) is 5.91 Å². The van der Waals surface area contributed by atoms with E-state index in [0.717, 1.165) is 12.8 Å². The SMILES string of the molecule is CC(NC1CCCC1)c1ccc(C2C(O)CCC3NC(=O)C4SC=CC4C32)cc1. The highest BCUT2D eigenvalue weighted by atomic mass is 32.2. The van der Waals surface area contributed by atoms with Gasteiger partial charge >= 0.3 is 0 Å². The number of benzene rings is 1. The second-order valence-electron chi connectivity index (χ2n) is 9.36. The minimum atomic E-state index is -0.342. The number of rotatable bonds is 4. The summed E-state index contributed by atoms with van der Waals surface area (Å²) in [5.74, 6) is 0.745. The fraction of sp³-hybridized carbons (Fsp3) is 0.625. The van der Waals surface area contributed by atoms with E-state index < -0.39 is 0 Å². The molecule has 2 saturated carbocycles. The molecule has 1 saturated heterocycles. The Hall–Kier alpha value is -1.30. The Morgan fingerprint density at radius 2 is 1.90 bits per heavy atom. The molecule has 29 heavy (non-hydrogen) atoms. The van der Waals surface area contributed by atoms with E-state index in [-0.39, 0.29) is 41.1 Å². The molecule has 2 heterocycles. The number of carbonyl (C=O) groups excluding carboxylic acids is 1. The van der Waals surface area contributed by atoms with Crippen LogP contribution in [0.4, 0.5) is 0 Å². The first-order valence-electron chi connectivity index (χ1n) is 11.3. The summed E-state index contributed by atoms with van der Waals surface area (Å²) in [4.78, 5) is 12.5. The number of piperidine rings is 1. The first-order valence-corrected chi connectivity index (χ1v) is 12.2. The van der Waals surface area contributed by atoms with Gasteiger partial charge in [0, 0.05) is 30.0 Å². The number of aliphatic hydroxyl groups is 1. The van der Waals surface area contributed by atoms with E-state index in [9.17, 15) is 9.90 Å². The molecule has 2 aliphatic heterocycles. The number of aliphatic hydroxyl groups excluding tert-OH is 1. The molecule has 3 N–H and O–H groups in total. The third-order valence-electron chi connectivity index (χ3n) is 7.64. The zero-order chi connectivity index (χ0) is 20.0. The molecule has 5 heteroatoms. The lowest BCUT2D eigenvalue weighted by Gasteiger charge is -2.48. The van der Waals surface area contributed by atoms with Crippen LogP contribution in [0, 0.1) is 11.8 Å². The van der Waals surface area contributed by atoms with Crippen molar-refractivity contribution in [3.8, 4) is 0 Å². The van der Waals surface area contributed by atoms with Gasteiger partial charge in [-0.1, -0.05) is 43.2 Å². The van der Waals surface area contributed by atoms with E-state index >= 15 is 0 Å². The largest absolute Gasteiger partial charge is 0.392 e.